The Kier molecular flexibility index (Phi) is 6.04. The Hall–Kier alpha value is -0.310. The van der Waals surface area contributed by atoms with Gasteiger partial charge in [-0.05, 0) is 20.8 Å². The van der Waals surface area contributed by atoms with Crippen LogP contribution in [0.4, 0.5) is 0 Å². The summed E-state index contributed by atoms with van der Waals surface area (Å²) in [6, 6.07) is 0.460. The first kappa shape index (κ1) is 12.7. The van der Waals surface area contributed by atoms with Gasteiger partial charge in [-0.25, -0.2) is 0 Å². The van der Waals surface area contributed by atoms with Gasteiger partial charge in [-0.1, -0.05) is 29.8 Å². The van der Waals surface area contributed by atoms with Crippen molar-refractivity contribution in [3.05, 3.63) is 17.5 Å². The molecule has 0 aromatic carbocycles. The first-order valence-electron chi connectivity index (χ1n) is 4.75. The first-order valence-corrected chi connectivity index (χ1v) is 5.88. The fraction of sp³-hybridized carbons (Fsp3) is 0.700. The second-order valence-electron chi connectivity index (χ2n) is 2.95. The van der Waals surface area contributed by atoms with Crippen molar-refractivity contribution in [1.29, 1.82) is 0 Å². The van der Waals surface area contributed by atoms with E-state index in [4.69, 9.17) is 0 Å². The second kappa shape index (κ2) is 6.19. The number of halogens is 1. The number of hydrogen-bond acceptors (Lipinski definition) is 1. The fourth-order valence-corrected chi connectivity index (χ4v) is 1.47. The Bertz CT molecular complexity index is 241. The summed E-state index contributed by atoms with van der Waals surface area (Å²) in [6.45, 7) is 10.3. The summed E-state index contributed by atoms with van der Waals surface area (Å²) in [5.74, 6) is 0. The molecule has 2 nitrogen and oxygen atoms in total. The smallest absolute Gasteiger partial charge is 0.0634 e. The predicted octanol–water partition coefficient (Wildman–Crippen LogP) is 3.69. The number of aromatic nitrogens is 2. The standard InChI is InChI=1S/C8H13BrN2.C2H6/c1-6(2)11-5-8(4-9)7(3)10-11;1-2/h5-6H,4H2,1-3H3;1-2H3. The Labute approximate surface area is 89.5 Å². The van der Waals surface area contributed by atoms with E-state index in [0.29, 0.717) is 6.04 Å². The predicted molar refractivity (Wildman–Crippen MR) is 61.3 cm³/mol. The zero-order valence-electron chi connectivity index (χ0n) is 9.13. The van der Waals surface area contributed by atoms with Gasteiger partial charge >= 0.3 is 0 Å². The minimum atomic E-state index is 0.460. The average molecular weight is 247 g/mol. The molecule has 0 aliphatic heterocycles. The monoisotopic (exact) mass is 246 g/mol. The first-order chi connectivity index (χ1) is 6.15. The number of rotatable bonds is 2. The summed E-state index contributed by atoms with van der Waals surface area (Å²) >= 11 is 3.42. The summed E-state index contributed by atoms with van der Waals surface area (Å²) in [4.78, 5) is 0. The molecule has 0 bridgehead atoms. The van der Waals surface area contributed by atoms with Gasteiger partial charge in [0.1, 0.15) is 0 Å². The highest BCUT2D eigenvalue weighted by Crippen LogP contribution is 2.12. The lowest BCUT2D eigenvalue weighted by Gasteiger charge is -2.02. The molecule has 1 aromatic heterocycles. The van der Waals surface area contributed by atoms with Crippen molar-refractivity contribution in [2.45, 2.75) is 46.0 Å². The van der Waals surface area contributed by atoms with Gasteiger partial charge in [0.05, 0.1) is 5.69 Å². The molecular formula is C10H19BrN2. The van der Waals surface area contributed by atoms with E-state index in [-0.39, 0.29) is 0 Å². The Balaban J connectivity index is 0.000000671. The number of nitrogens with zero attached hydrogens (tertiary/aromatic N) is 2. The van der Waals surface area contributed by atoms with Crippen LogP contribution in [0.5, 0.6) is 0 Å². The minimum absolute atomic E-state index is 0.460. The summed E-state index contributed by atoms with van der Waals surface area (Å²) in [5, 5.41) is 5.26. The maximum absolute atomic E-state index is 4.37. The van der Waals surface area contributed by atoms with Crippen LogP contribution in [0.2, 0.25) is 0 Å². The van der Waals surface area contributed by atoms with Crippen LogP contribution in [0.3, 0.4) is 0 Å². The van der Waals surface area contributed by atoms with Gasteiger partial charge in [-0.2, -0.15) is 5.10 Å². The van der Waals surface area contributed by atoms with Gasteiger partial charge in [0.2, 0.25) is 0 Å². The molecule has 0 atom stereocenters. The lowest BCUT2D eigenvalue weighted by Crippen LogP contribution is -2.00. The van der Waals surface area contributed by atoms with Gasteiger partial charge < -0.3 is 0 Å². The quantitative estimate of drug-likeness (QED) is 0.729. The third kappa shape index (κ3) is 3.51. The van der Waals surface area contributed by atoms with Crippen molar-refractivity contribution >= 4 is 15.9 Å². The topological polar surface area (TPSA) is 17.8 Å². The van der Waals surface area contributed by atoms with E-state index in [2.05, 4.69) is 41.1 Å². The van der Waals surface area contributed by atoms with Crippen LogP contribution in [-0.2, 0) is 5.33 Å². The van der Waals surface area contributed by atoms with Crippen LogP contribution in [-0.4, -0.2) is 9.78 Å². The number of aryl methyl sites for hydroxylation is 1. The average Bonchev–Trinajstić information content (AvgIpc) is 2.50. The van der Waals surface area contributed by atoms with Gasteiger partial charge in [0.25, 0.3) is 0 Å². The van der Waals surface area contributed by atoms with Crippen molar-refractivity contribution in [1.82, 2.24) is 9.78 Å². The highest BCUT2D eigenvalue weighted by atomic mass is 79.9. The number of hydrogen-bond donors (Lipinski definition) is 0. The molecule has 0 saturated carbocycles. The molecule has 0 saturated heterocycles. The zero-order chi connectivity index (χ0) is 10.4. The zero-order valence-corrected chi connectivity index (χ0v) is 10.7. The summed E-state index contributed by atoms with van der Waals surface area (Å²) < 4.78 is 1.99. The van der Waals surface area contributed by atoms with Crippen molar-refractivity contribution in [3.8, 4) is 0 Å². The van der Waals surface area contributed by atoms with Crippen LogP contribution >= 0.6 is 15.9 Å². The fourth-order valence-electron chi connectivity index (χ4n) is 0.915. The molecule has 0 spiro atoms. The molecule has 0 radical (unpaired) electrons. The Morgan fingerprint density at radius 3 is 2.23 bits per heavy atom. The molecule has 3 heteroatoms. The van der Waals surface area contributed by atoms with E-state index in [9.17, 15) is 0 Å². The van der Waals surface area contributed by atoms with Crippen molar-refractivity contribution in [3.63, 3.8) is 0 Å². The molecule has 0 fully saturated rings. The van der Waals surface area contributed by atoms with Gasteiger partial charge in [-0.3, -0.25) is 4.68 Å². The highest BCUT2D eigenvalue weighted by molar-refractivity contribution is 9.08. The molecule has 0 aliphatic rings. The van der Waals surface area contributed by atoms with Crippen LogP contribution in [0.25, 0.3) is 0 Å². The highest BCUT2D eigenvalue weighted by Gasteiger charge is 2.04. The SMILES string of the molecule is CC.Cc1nn(C(C)C)cc1CBr. The maximum atomic E-state index is 4.37. The summed E-state index contributed by atoms with van der Waals surface area (Å²) in [7, 11) is 0. The van der Waals surface area contributed by atoms with Crippen LogP contribution < -0.4 is 0 Å². The molecule has 0 unspecified atom stereocenters. The summed E-state index contributed by atoms with van der Waals surface area (Å²) in [6.07, 6.45) is 2.09. The molecule has 13 heavy (non-hydrogen) atoms. The van der Waals surface area contributed by atoms with E-state index in [0.717, 1.165) is 11.0 Å². The molecule has 76 valence electrons. The molecule has 0 N–H and O–H groups in total. The number of alkyl halides is 1. The molecule has 0 amide bonds. The third-order valence-electron chi connectivity index (χ3n) is 1.69. The largest absolute Gasteiger partial charge is 0.270 e. The lowest BCUT2D eigenvalue weighted by molar-refractivity contribution is 0.529. The van der Waals surface area contributed by atoms with Crippen LogP contribution in [0.15, 0.2) is 6.20 Å². The van der Waals surface area contributed by atoms with E-state index in [1.54, 1.807) is 0 Å². The Morgan fingerprint density at radius 2 is 2.00 bits per heavy atom. The van der Waals surface area contributed by atoms with Crippen LogP contribution in [0.1, 0.15) is 45.0 Å². The van der Waals surface area contributed by atoms with E-state index >= 15 is 0 Å². The normalized spacial score (nSPS) is 9.77. The second-order valence-corrected chi connectivity index (χ2v) is 3.51. The van der Waals surface area contributed by atoms with Gasteiger partial charge in [0.15, 0.2) is 0 Å². The van der Waals surface area contributed by atoms with E-state index < -0.39 is 0 Å². The van der Waals surface area contributed by atoms with Gasteiger partial charge in [-0.15, -0.1) is 0 Å². The van der Waals surface area contributed by atoms with Gasteiger partial charge in [0, 0.05) is 23.1 Å². The van der Waals surface area contributed by atoms with Crippen molar-refractivity contribution < 1.29 is 0 Å². The molecular weight excluding hydrogens is 228 g/mol. The van der Waals surface area contributed by atoms with Crippen molar-refractivity contribution in [2.75, 3.05) is 0 Å². The molecule has 1 aromatic rings. The van der Waals surface area contributed by atoms with E-state index in [1.165, 1.54) is 5.56 Å². The maximum Gasteiger partial charge on any atom is 0.0634 e. The summed E-state index contributed by atoms with van der Waals surface area (Å²) in [5.41, 5.74) is 2.40. The van der Waals surface area contributed by atoms with Crippen molar-refractivity contribution in [2.24, 2.45) is 0 Å². The Morgan fingerprint density at radius 1 is 1.46 bits per heavy atom. The lowest BCUT2D eigenvalue weighted by atomic mass is 10.3. The molecule has 0 aliphatic carbocycles. The molecule has 1 heterocycles. The molecule has 1 rings (SSSR count). The van der Waals surface area contributed by atoms with E-state index in [1.807, 2.05) is 25.5 Å². The third-order valence-corrected chi connectivity index (χ3v) is 2.30. The minimum Gasteiger partial charge on any atom is -0.270 e. The van der Waals surface area contributed by atoms with Crippen LogP contribution in [0, 0.1) is 6.92 Å².